The normalized spacial score (nSPS) is 13.2. The van der Waals surface area contributed by atoms with Crippen molar-refractivity contribution in [2.75, 3.05) is 24.0 Å². The van der Waals surface area contributed by atoms with Gasteiger partial charge in [0.25, 0.3) is 0 Å². The molecule has 0 atom stereocenters. The Bertz CT molecular complexity index is 953. The van der Waals surface area contributed by atoms with Crippen LogP contribution in [0.4, 0.5) is 24.5 Å². The molecule has 0 unspecified atom stereocenters. The molecule has 0 saturated heterocycles. The fraction of sp³-hybridized carbons (Fsp3) is 0.190. The maximum absolute atomic E-state index is 13.4. The molecule has 0 fully saturated rings. The molecule has 2 aromatic carbocycles. The van der Waals surface area contributed by atoms with Crippen LogP contribution in [0, 0.1) is 0 Å². The van der Waals surface area contributed by atoms with E-state index in [9.17, 15) is 18.0 Å². The van der Waals surface area contributed by atoms with E-state index in [4.69, 9.17) is 9.47 Å². The minimum absolute atomic E-state index is 0.104. The van der Waals surface area contributed by atoms with Crippen LogP contribution >= 0.6 is 0 Å². The molecule has 8 heteroatoms. The predicted octanol–water partition coefficient (Wildman–Crippen LogP) is 5.07. The first kappa shape index (κ1) is 20.3. The molecule has 0 spiro atoms. The van der Waals surface area contributed by atoms with E-state index < -0.39 is 17.6 Å². The lowest BCUT2D eigenvalue weighted by Crippen LogP contribution is -2.16. The number of anilines is 2. The van der Waals surface area contributed by atoms with Crippen molar-refractivity contribution in [1.29, 1.82) is 0 Å². The van der Waals surface area contributed by atoms with Gasteiger partial charge in [-0.15, -0.1) is 0 Å². The number of hydrogen-bond acceptors (Lipinski definition) is 4. The smallest absolute Gasteiger partial charge is 0.420 e. The summed E-state index contributed by atoms with van der Waals surface area (Å²) in [6, 6.07) is 9.52. The summed E-state index contributed by atoms with van der Waals surface area (Å²) in [6.07, 6.45) is 2.43. The van der Waals surface area contributed by atoms with Gasteiger partial charge in [-0.3, -0.25) is 4.79 Å². The van der Waals surface area contributed by atoms with Crippen molar-refractivity contribution in [2.24, 2.45) is 0 Å². The zero-order chi connectivity index (χ0) is 20.9. The van der Waals surface area contributed by atoms with Crippen LogP contribution in [0.2, 0.25) is 0 Å². The van der Waals surface area contributed by atoms with E-state index in [2.05, 4.69) is 10.6 Å². The molecule has 0 radical (unpaired) electrons. The highest BCUT2D eigenvalue weighted by Gasteiger charge is 2.36. The standard InChI is InChI=1S/C21H19F3N2O3/c1-14(27)26-17-8-5-7-16(20(17)21(22,23)24)25-11-4-2-3-6-15-9-10-18-19(12-15)29-13-28-18/h2-10,12,25H,11,13H2,1H3,(H,26,27)/b4-2+,6-3+. The third kappa shape index (κ3) is 5.31. The van der Waals surface area contributed by atoms with Crippen LogP contribution in [-0.2, 0) is 11.0 Å². The van der Waals surface area contributed by atoms with Crippen molar-refractivity contribution in [3.05, 3.63) is 65.8 Å². The number of benzene rings is 2. The second-order valence-electron chi connectivity index (χ2n) is 6.19. The molecular formula is C21H19F3N2O3. The number of fused-ring (bicyclic) bond motifs is 1. The molecular weight excluding hydrogens is 385 g/mol. The molecule has 2 aromatic rings. The van der Waals surface area contributed by atoms with Gasteiger partial charge < -0.3 is 20.1 Å². The number of amides is 1. The number of allylic oxidation sites excluding steroid dienone is 2. The molecule has 0 aliphatic carbocycles. The summed E-state index contributed by atoms with van der Waals surface area (Å²) in [5.74, 6) is 0.807. The molecule has 29 heavy (non-hydrogen) atoms. The Labute approximate surface area is 165 Å². The first-order valence-corrected chi connectivity index (χ1v) is 8.79. The van der Waals surface area contributed by atoms with Gasteiger partial charge in [0, 0.05) is 19.2 Å². The third-order valence-electron chi connectivity index (χ3n) is 4.00. The highest BCUT2D eigenvalue weighted by molar-refractivity contribution is 5.91. The van der Waals surface area contributed by atoms with Crippen molar-refractivity contribution in [2.45, 2.75) is 13.1 Å². The van der Waals surface area contributed by atoms with Gasteiger partial charge in [0.2, 0.25) is 12.7 Å². The van der Waals surface area contributed by atoms with Gasteiger partial charge in [-0.05, 0) is 29.8 Å². The number of carbonyl (C=O) groups is 1. The van der Waals surface area contributed by atoms with Crippen molar-refractivity contribution in [3.63, 3.8) is 0 Å². The minimum Gasteiger partial charge on any atom is -0.454 e. The van der Waals surface area contributed by atoms with Crippen LogP contribution in [0.1, 0.15) is 18.1 Å². The second-order valence-corrected chi connectivity index (χ2v) is 6.19. The molecule has 3 rings (SSSR count). The SMILES string of the molecule is CC(=O)Nc1cccc(NC/C=C/C=C/c2ccc3c(c2)OCO3)c1C(F)(F)F. The van der Waals surface area contributed by atoms with Crippen LogP contribution in [0.15, 0.2) is 54.6 Å². The van der Waals surface area contributed by atoms with Crippen molar-refractivity contribution >= 4 is 23.4 Å². The van der Waals surface area contributed by atoms with Gasteiger partial charge in [0.15, 0.2) is 11.5 Å². The lowest BCUT2D eigenvalue weighted by Gasteiger charge is -2.18. The molecule has 5 nitrogen and oxygen atoms in total. The van der Waals surface area contributed by atoms with E-state index in [0.29, 0.717) is 11.5 Å². The van der Waals surface area contributed by atoms with Gasteiger partial charge in [-0.1, -0.05) is 36.4 Å². The first-order chi connectivity index (χ1) is 13.8. The Hall–Kier alpha value is -3.42. The Morgan fingerprint density at radius 3 is 2.62 bits per heavy atom. The molecule has 1 amide bonds. The summed E-state index contributed by atoms with van der Waals surface area (Å²) in [5, 5.41) is 4.96. The quantitative estimate of drug-likeness (QED) is 0.660. The molecule has 152 valence electrons. The highest BCUT2D eigenvalue weighted by atomic mass is 19.4. The van der Waals surface area contributed by atoms with Crippen LogP contribution in [0.25, 0.3) is 6.08 Å². The Morgan fingerprint density at radius 2 is 1.86 bits per heavy atom. The maximum Gasteiger partial charge on any atom is 0.420 e. The van der Waals surface area contributed by atoms with Gasteiger partial charge in [-0.2, -0.15) is 13.2 Å². The number of halogens is 3. The molecule has 2 N–H and O–H groups in total. The predicted molar refractivity (Wildman–Crippen MR) is 105 cm³/mol. The Morgan fingerprint density at radius 1 is 1.10 bits per heavy atom. The largest absolute Gasteiger partial charge is 0.454 e. The number of rotatable bonds is 6. The fourth-order valence-electron chi connectivity index (χ4n) is 2.80. The van der Waals surface area contributed by atoms with Gasteiger partial charge in [0.05, 0.1) is 5.69 Å². The van der Waals surface area contributed by atoms with Crippen LogP contribution in [0.5, 0.6) is 11.5 Å². The summed E-state index contributed by atoms with van der Waals surface area (Å²) in [4.78, 5) is 11.2. The van der Waals surface area contributed by atoms with Crippen LogP contribution < -0.4 is 20.1 Å². The number of nitrogens with one attached hydrogen (secondary N) is 2. The van der Waals surface area contributed by atoms with E-state index in [1.807, 2.05) is 24.3 Å². The summed E-state index contributed by atoms with van der Waals surface area (Å²) >= 11 is 0. The second kappa shape index (κ2) is 8.72. The van der Waals surface area contributed by atoms with Crippen molar-refractivity contribution in [1.82, 2.24) is 0 Å². The monoisotopic (exact) mass is 404 g/mol. The van der Waals surface area contributed by atoms with E-state index in [1.54, 1.807) is 18.2 Å². The van der Waals surface area contributed by atoms with Crippen LogP contribution in [0.3, 0.4) is 0 Å². The number of ether oxygens (including phenoxy) is 2. The van der Waals surface area contributed by atoms with Crippen molar-refractivity contribution in [3.8, 4) is 11.5 Å². The third-order valence-corrected chi connectivity index (χ3v) is 4.00. The minimum atomic E-state index is -4.61. The zero-order valence-corrected chi connectivity index (χ0v) is 15.5. The summed E-state index contributed by atoms with van der Waals surface area (Å²) in [5.41, 5.74) is -0.372. The molecule has 1 aliphatic rings. The lowest BCUT2D eigenvalue weighted by molar-refractivity contribution is -0.136. The van der Waals surface area contributed by atoms with Gasteiger partial charge in [0.1, 0.15) is 5.56 Å². The summed E-state index contributed by atoms with van der Waals surface area (Å²) in [7, 11) is 0. The highest BCUT2D eigenvalue weighted by Crippen LogP contribution is 2.40. The van der Waals surface area contributed by atoms with Crippen molar-refractivity contribution < 1.29 is 27.4 Å². The Balaban J connectivity index is 1.63. The topological polar surface area (TPSA) is 59.6 Å². The molecule has 0 saturated carbocycles. The van der Waals surface area contributed by atoms with E-state index in [0.717, 1.165) is 12.5 Å². The van der Waals surface area contributed by atoms with Gasteiger partial charge >= 0.3 is 6.18 Å². The Kier molecular flexibility index (Phi) is 6.11. The van der Waals surface area contributed by atoms with Gasteiger partial charge in [-0.25, -0.2) is 0 Å². The molecule has 0 aromatic heterocycles. The zero-order valence-electron chi connectivity index (χ0n) is 15.5. The average molecular weight is 404 g/mol. The number of hydrogen-bond donors (Lipinski definition) is 2. The number of carbonyl (C=O) groups excluding carboxylic acids is 1. The average Bonchev–Trinajstić information content (AvgIpc) is 3.11. The first-order valence-electron chi connectivity index (χ1n) is 8.79. The summed E-state index contributed by atoms with van der Waals surface area (Å²) < 4.78 is 50.8. The lowest BCUT2D eigenvalue weighted by atomic mass is 10.1. The van der Waals surface area contributed by atoms with E-state index >= 15 is 0 Å². The number of alkyl halides is 3. The fourth-order valence-corrected chi connectivity index (χ4v) is 2.80. The van der Waals surface area contributed by atoms with E-state index in [1.165, 1.54) is 18.2 Å². The molecule has 1 heterocycles. The molecule has 1 aliphatic heterocycles. The summed E-state index contributed by atoms with van der Waals surface area (Å²) in [6.45, 7) is 1.55. The van der Waals surface area contributed by atoms with Crippen LogP contribution in [-0.4, -0.2) is 19.2 Å². The molecule has 0 bridgehead atoms. The maximum atomic E-state index is 13.4. The van der Waals surface area contributed by atoms with E-state index in [-0.39, 0.29) is 24.7 Å².